The van der Waals surface area contributed by atoms with E-state index in [9.17, 15) is 19.5 Å². The SMILES string of the molecule is C[C@@H]1S[C@@H](C2CC2Cc2ccccc2C(=O)O)OC1n1c(=O)sc2c(=O)[nH]c(N)nc21. The van der Waals surface area contributed by atoms with Crippen LogP contribution in [0.15, 0.2) is 33.9 Å². The van der Waals surface area contributed by atoms with Crippen molar-refractivity contribution in [1.29, 1.82) is 0 Å². The first-order valence-electron chi connectivity index (χ1n) is 9.86. The number of H-pyrrole nitrogens is 1. The molecular formula is C20H20N4O5S2. The van der Waals surface area contributed by atoms with Gasteiger partial charge < -0.3 is 15.6 Å². The lowest BCUT2D eigenvalue weighted by molar-refractivity contribution is -0.00226. The number of benzene rings is 1. The minimum absolute atomic E-state index is 0.0182. The fourth-order valence-electron chi connectivity index (χ4n) is 4.23. The van der Waals surface area contributed by atoms with E-state index in [0.29, 0.717) is 17.9 Å². The number of nitrogens with one attached hydrogen (secondary N) is 1. The van der Waals surface area contributed by atoms with E-state index in [0.717, 1.165) is 23.3 Å². The Balaban J connectivity index is 1.36. The van der Waals surface area contributed by atoms with Gasteiger partial charge in [-0.25, -0.2) is 4.79 Å². The second kappa shape index (κ2) is 7.50. The van der Waals surface area contributed by atoms with Crippen molar-refractivity contribution in [2.24, 2.45) is 11.8 Å². The molecule has 162 valence electrons. The van der Waals surface area contributed by atoms with Crippen LogP contribution in [0.4, 0.5) is 5.95 Å². The van der Waals surface area contributed by atoms with Crippen molar-refractivity contribution in [3.8, 4) is 0 Å². The van der Waals surface area contributed by atoms with E-state index in [1.807, 2.05) is 19.1 Å². The number of aromatic amines is 1. The van der Waals surface area contributed by atoms with Crippen LogP contribution in [0.5, 0.6) is 0 Å². The molecule has 4 N–H and O–H groups in total. The molecule has 2 fully saturated rings. The summed E-state index contributed by atoms with van der Waals surface area (Å²) in [5.74, 6) is -0.352. The molecule has 2 aromatic heterocycles. The monoisotopic (exact) mass is 460 g/mol. The summed E-state index contributed by atoms with van der Waals surface area (Å²) in [5.41, 5.74) is 6.55. The van der Waals surface area contributed by atoms with Gasteiger partial charge in [-0.1, -0.05) is 29.5 Å². The first-order valence-corrected chi connectivity index (χ1v) is 11.6. The molecule has 3 unspecified atom stereocenters. The summed E-state index contributed by atoms with van der Waals surface area (Å²) >= 11 is 2.49. The summed E-state index contributed by atoms with van der Waals surface area (Å²) < 4.78 is 7.94. The van der Waals surface area contributed by atoms with E-state index >= 15 is 0 Å². The van der Waals surface area contributed by atoms with Crippen molar-refractivity contribution in [3.05, 3.63) is 55.4 Å². The summed E-state index contributed by atoms with van der Waals surface area (Å²) in [6.45, 7) is 1.99. The third-order valence-electron chi connectivity index (χ3n) is 5.83. The molecule has 2 aliphatic rings. The number of anilines is 1. The van der Waals surface area contributed by atoms with Crippen LogP contribution in [-0.4, -0.2) is 36.3 Å². The summed E-state index contributed by atoms with van der Waals surface area (Å²) in [6.07, 6.45) is 1.08. The molecule has 3 aromatic rings. The smallest absolute Gasteiger partial charge is 0.335 e. The van der Waals surface area contributed by atoms with Gasteiger partial charge in [-0.3, -0.25) is 19.1 Å². The summed E-state index contributed by atoms with van der Waals surface area (Å²) in [6, 6.07) is 7.07. The van der Waals surface area contributed by atoms with Gasteiger partial charge in [-0.2, -0.15) is 4.98 Å². The maximum Gasteiger partial charge on any atom is 0.335 e. The Hall–Kier alpha value is -2.63. The maximum atomic E-state index is 12.6. The second-order valence-corrected chi connectivity index (χ2v) is 10.3. The number of carbonyl (C=O) groups is 1. The molecule has 5 atom stereocenters. The second-order valence-electron chi connectivity index (χ2n) is 7.90. The number of carboxylic acids is 1. The molecule has 0 spiro atoms. The molecule has 0 bridgehead atoms. The van der Waals surface area contributed by atoms with Crippen LogP contribution in [-0.2, 0) is 11.2 Å². The van der Waals surface area contributed by atoms with Gasteiger partial charge in [0.2, 0.25) is 5.95 Å². The van der Waals surface area contributed by atoms with E-state index in [4.69, 9.17) is 10.5 Å². The number of thiazole rings is 1. The molecule has 1 aliphatic carbocycles. The number of hydrogen-bond acceptors (Lipinski definition) is 8. The Kier molecular flexibility index (Phi) is 4.91. The van der Waals surface area contributed by atoms with Crippen LogP contribution in [0.2, 0.25) is 0 Å². The van der Waals surface area contributed by atoms with Crippen LogP contribution in [0.3, 0.4) is 0 Å². The fraction of sp³-hybridized carbons (Fsp3) is 0.400. The molecule has 0 radical (unpaired) electrons. The molecule has 9 nitrogen and oxygen atoms in total. The van der Waals surface area contributed by atoms with Gasteiger partial charge in [0.15, 0.2) is 11.9 Å². The molecular weight excluding hydrogens is 440 g/mol. The van der Waals surface area contributed by atoms with Crippen molar-refractivity contribution in [1.82, 2.24) is 14.5 Å². The number of ether oxygens (including phenoxy) is 1. The Labute approximate surface area is 184 Å². The van der Waals surface area contributed by atoms with Crippen molar-refractivity contribution >= 4 is 45.4 Å². The average molecular weight is 461 g/mol. The quantitative estimate of drug-likeness (QED) is 0.527. The highest BCUT2D eigenvalue weighted by molar-refractivity contribution is 8.00. The molecule has 0 amide bonds. The van der Waals surface area contributed by atoms with Gasteiger partial charge in [-0.05, 0) is 43.2 Å². The number of aromatic carboxylic acids is 1. The van der Waals surface area contributed by atoms with Crippen LogP contribution in [0, 0.1) is 11.8 Å². The zero-order valence-corrected chi connectivity index (χ0v) is 18.1. The number of aromatic nitrogens is 3. The minimum atomic E-state index is -0.918. The van der Waals surface area contributed by atoms with Gasteiger partial charge in [-0.15, -0.1) is 11.8 Å². The number of rotatable bonds is 5. The Morgan fingerprint density at radius 1 is 1.39 bits per heavy atom. The van der Waals surface area contributed by atoms with Gasteiger partial charge in [0.05, 0.1) is 10.8 Å². The Morgan fingerprint density at radius 3 is 2.94 bits per heavy atom. The average Bonchev–Trinajstić information content (AvgIpc) is 3.26. The largest absolute Gasteiger partial charge is 0.478 e. The lowest BCUT2D eigenvalue weighted by Gasteiger charge is -2.16. The Bertz CT molecular complexity index is 1300. The molecule has 1 aromatic carbocycles. The highest BCUT2D eigenvalue weighted by Gasteiger charge is 2.50. The van der Waals surface area contributed by atoms with Crippen molar-refractivity contribution in [2.75, 3.05) is 5.73 Å². The zero-order valence-electron chi connectivity index (χ0n) is 16.5. The maximum absolute atomic E-state index is 12.6. The third-order valence-corrected chi connectivity index (χ3v) is 8.16. The molecule has 31 heavy (non-hydrogen) atoms. The predicted molar refractivity (Wildman–Crippen MR) is 119 cm³/mol. The number of nitrogens with zero attached hydrogens (tertiary/aromatic N) is 2. The topological polar surface area (TPSA) is 140 Å². The number of nitrogen functional groups attached to an aromatic ring is 1. The summed E-state index contributed by atoms with van der Waals surface area (Å²) in [7, 11) is 0. The predicted octanol–water partition coefficient (Wildman–Crippen LogP) is 2.28. The van der Waals surface area contributed by atoms with Gasteiger partial charge in [0, 0.05) is 0 Å². The highest BCUT2D eigenvalue weighted by atomic mass is 32.2. The Morgan fingerprint density at radius 2 is 2.16 bits per heavy atom. The van der Waals surface area contributed by atoms with E-state index < -0.39 is 17.8 Å². The number of carboxylic acid groups (broad SMARTS) is 1. The minimum Gasteiger partial charge on any atom is -0.478 e. The van der Waals surface area contributed by atoms with Crippen molar-refractivity contribution < 1.29 is 14.6 Å². The molecule has 1 saturated carbocycles. The van der Waals surface area contributed by atoms with Crippen LogP contribution >= 0.6 is 23.1 Å². The normalized spacial score (nSPS) is 27.6. The highest BCUT2D eigenvalue weighted by Crippen LogP contribution is 2.54. The van der Waals surface area contributed by atoms with E-state index in [2.05, 4.69) is 9.97 Å². The first kappa shape index (κ1) is 20.3. The fourth-order valence-corrected chi connectivity index (χ4v) is 6.53. The van der Waals surface area contributed by atoms with E-state index in [-0.39, 0.29) is 37.8 Å². The van der Waals surface area contributed by atoms with Gasteiger partial charge in [0.25, 0.3) is 5.56 Å². The zero-order chi connectivity index (χ0) is 21.9. The van der Waals surface area contributed by atoms with Gasteiger partial charge >= 0.3 is 10.8 Å². The molecule has 1 aliphatic heterocycles. The summed E-state index contributed by atoms with van der Waals surface area (Å²) in [5, 5.41) is 9.39. The van der Waals surface area contributed by atoms with E-state index in [1.165, 1.54) is 4.57 Å². The van der Waals surface area contributed by atoms with Crippen LogP contribution < -0.4 is 16.2 Å². The van der Waals surface area contributed by atoms with Crippen molar-refractivity contribution in [3.63, 3.8) is 0 Å². The molecule has 11 heteroatoms. The number of nitrogens with two attached hydrogens (primary N) is 1. The van der Waals surface area contributed by atoms with Crippen LogP contribution in [0.1, 0.15) is 35.5 Å². The molecule has 3 heterocycles. The van der Waals surface area contributed by atoms with Crippen LogP contribution in [0.25, 0.3) is 10.3 Å². The lowest BCUT2D eigenvalue weighted by Crippen LogP contribution is -2.26. The molecule has 1 saturated heterocycles. The lowest BCUT2D eigenvalue weighted by atomic mass is 10.0. The number of hydrogen-bond donors (Lipinski definition) is 3. The summed E-state index contributed by atoms with van der Waals surface area (Å²) in [4.78, 5) is 42.5. The van der Waals surface area contributed by atoms with E-state index in [1.54, 1.807) is 23.9 Å². The molecule has 5 rings (SSSR count). The number of fused-ring (bicyclic) bond motifs is 1. The number of thioether (sulfide) groups is 1. The standard InChI is InChI=1S/C20H20N4O5S2/c1-8-16(24-14-13(31-20(24)28)15(25)23-19(21)22-14)29-18(30-8)12-7-10(12)6-9-4-2-3-5-11(9)17(26)27/h2-5,8,10,12,16,18H,6-7H2,1H3,(H,26,27)(H3,21,22,23,25)/t8-,10?,12?,16?,18-/m0/s1. The third kappa shape index (κ3) is 3.56. The van der Waals surface area contributed by atoms with Crippen molar-refractivity contribution in [2.45, 2.75) is 36.7 Å². The first-order chi connectivity index (χ1) is 14.8. The van der Waals surface area contributed by atoms with Gasteiger partial charge in [0.1, 0.15) is 10.1 Å².